The Hall–Kier alpha value is -2.10. The Balaban J connectivity index is 2.08. The van der Waals surface area contributed by atoms with Crippen molar-refractivity contribution >= 4 is 17.7 Å². The maximum atomic E-state index is 12.4. The number of carboxylic acids is 1. The number of halogens is 3. The van der Waals surface area contributed by atoms with Gasteiger partial charge in [0.2, 0.25) is 5.16 Å². The van der Waals surface area contributed by atoms with Gasteiger partial charge in [-0.3, -0.25) is 4.79 Å². The number of hydrogen-bond donors (Lipinski definition) is 1. The third kappa shape index (κ3) is 4.18. The molecule has 0 saturated carbocycles. The van der Waals surface area contributed by atoms with Gasteiger partial charge in [-0.05, 0) is 28.1 Å². The molecular formula is C11H9F3N4O2S. The number of thioether (sulfide) groups is 1. The van der Waals surface area contributed by atoms with Crippen LogP contribution in [0.5, 0.6) is 0 Å². The summed E-state index contributed by atoms with van der Waals surface area (Å²) in [6, 6.07) is 4.61. The second kappa shape index (κ2) is 6.12. The Morgan fingerprint density at radius 2 is 1.95 bits per heavy atom. The fourth-order valence-corrected chi connectivity index (χ4v) is 2.09. The van der Waals surface area contributed by atoms with E-state index in [4.69, 9.17) is 5.11 Å². The number of carboxylic acid groups (broad SMARTS) is 1. The molecule has 112 valence electrons. The molecule has 2 aromatic rings. The average molecular weight is 318 g/mol. The number of nitrogens with zero attached hydrogens (tertiary/aromatic N) is 4. The van der Waals surface area contributed by atoms with Crippen molar-refractivity contribution in [3.63, 3.8) is 0 Å². The lowest BCUT2D eigenvalue weighted by atomic mass is 10.1. The van der Waals surface area contributed by atoms with Gasteiger partial charge in [-0.1, -0.05) is 23.9 Å². The van der Waals surface area contributed by atoms with Crippen LogP contribution in [0.25, 0.3) is 0 Å². The van der Waals surface area contributed by atoms with Crippen molar-refractivity contribution in [3.05, 3.63) is 35.4 Å². The van der Waals surface area contributed by atoms with E-state index in [0.717, 1.165) is 23.9 Å². The Morgan fingerprint density at radius 3 is 2.52 bits per heavy atom. The van der Waals surface area contributed by atoms with Gasteiger partial charge in [-0.25, -0.2) is 4.68 Å². The topological polar surface area (TPSA) is 80.9 Å². The lowest BCUT2D eigenvalue weighted by Gasteiger charge is -2.08. The predicted molar refractivity (Wildman–Crippen MR) is 66.7 cm³/mol. The molecule has 1 aromatic carbocycles. The van der Waals surface area contributed by atoms with Crippen LogP contribution >= 0.6 is 11.8 Å². The summed E-state index contributed by atoms with van der Waals surface area (Å²) >= 11 is 0.936. The fraction of sp³-hybridized carbons (Fsp3) is 0.273. The lowest BCUT2D eigenvalue weighted by molar-refractivity contribution is -0.137. The van der Waals surface area contributed by atoms with Crippen molar-refractivity contribution in [1.29, 1.82) is 0 Å². The predicted octanol–water partition coefficient (Wildman–Crippen LogP) is 1.92. The highest BCUT2D eigenvalue weighted by Crippen LogP contribution is 2.29. The first-order valence-corrected chi connectivity index (χ1v) is 6.61. The van der Waals surface area contributed by atoms with Crippen LogP contribution in [0.4, 0.5) is 13.2 Å². The molecule has 0 saturated heterocycles. The molecule has 0 spiro atoms. The number of carbonyl (C=O) groups is 1. The molecule has 0 aliphatic carbocycles. The minimum atomic E-state index is -4.38. The molecule has 2 rings (SSSR count). The van der Waals surface area contributed by atoms with E-state index in [2.05, 4.69) is 15.5 Å². The summed E-state index contributed by atoms with van der Waals surface area (Å²) < 4.78 is 38.7. The number of tetrazole rings is 1. The van der Waals surface area contributed by atoms with Gasteiger partial charge in [0, 0.05) is 0 Å². The van der Waals surface area contributed by atoms with E-state index < -0.39 is 17.7 Å². The van der Waals surface area contributed by atoms with Crippen LogP contribution in [0.1, 0.15) is 11.1 Å². The molecule has 10 heteroatoms. The highest BCUT2D eigenvalue weighted by Gasteiger charge is 2.29. The van der Waals surface area contributed by atoms with Crippen LogP contribution in [0.15, 0.2) is 29.4 Å². The van der Waals surface area contributed by atoms with Gasteiger partial charge in [-0.15, -0.1) is 5.10 Å². The number of benzene rings is 1. The summed E-state index contributed by atoms with van der Waals surface area (Å²) in [6.45, 7) is 0.160. The Labute approximate surface area is 121 Å². The van der Waals surface area contributed by atoms with Crippen molar-refractivity contribution in [1.82, 2.24) is 20.2 Å². The SMILES string of the molecule is O=C(O)CSc1nnnn1Cc1ccc(C(F)(F)F)cc1. The van der Waals surface area contributed by atoms with Crippen LogP contribution in [-0.4, -0.2) is 37.0 Å². The molecule has 0 unspecified atom stereocenters. The molecule has 0 aliphatic rings. The largest absolute Gasteiger partial charge is 0.481 e. The summed E-state index contributed by atoms with van der Waals surface area (Å²) in [6.07, 6.45) is -4.38. The third-order valence-electron chi connectivity index (χ3n) is 2.44. The Bertz CT molecular complexity index is 627. The summed E-state index contributed by atoms with van der Waals surface area (Å²) in [5.41, 5.74) is -0.157. The standard InChI is InChI=1S/C11H9F3N4O2S/c12-11(13,14)8-3-1-7(2-4-8)5-18-10(15-16-17-18)21-6-9(19)20/h1-4H,5-6H2,(H,19,20). The van der Waals surface area contributed by atoms with Crippen LogP contribution in [0.2, 0.25) is 0 Å². The van der Waals surface area contributed by atoms with Gasteiger partial charge in [0.25, 0.3) is 0 Å². The first-order chi connectivity index (χ1) is 9.86. The number of alkyl halides is 3. The van der Waals surface area contributed by atoms with E-state index in [1.54, 1.807) is 0 Å². The minimum Gasteiger partial charge on any atom is -0.481 e. The summed E-state index contributed by atoms with van der Waals surface area (Å²) in [4.78, 5) is 10.5. The zero-order chi connectivity index (χ0) is 15.5. The Kier molecular flexibility index (Phi) is 4.46. The van der Waals surface area contributed by atoms with E-state index in [1.165, 1.54) is 16.8 Å². The molecule has 1 heterocycles. The molecular weight excluding hydrogens is 309 g/mol. The summed E-state index contributed by atoms with van der Waals surface area (Å²) in [5.74, 6) is -1.21. The van der Waals surface area contributed by atoms with Crippen molar-refractivity contribution in [3.8, 4) is 0 Å². The number of hydrogen-bond acceptors (Lipinski definition) is 5. The molecule has 0 bridgehead atoms. The monoisotopic (exact) mass is 318 g/mol. The molecule has 0 fully saturated rings. The first-order valence-electron chi connectivity index (χ1n) is 5.63. The van der Waals surface area contributed by atoms with E-state index in [0.29, 0.717) is 5.56 Å². The quantitative estimate of drug-likeness (QED) is 0.848. The van der Waals surface area contributed by atoms with Crippen molar-refractivity contribution in [2.75, 3.05) is 5.75 Å². The van der Waals surface area contributed by atoms with Crippen LogP contribution in [-0.2, 0) is 17.5 Å². The van der Waals surface area contributed by atoms with Crippen LogP contribution < -0.4 is 0 Å². The highest BCUT2D eigenvalue weighted by molar-refractivity contribution is 7.99. The second-order valence-electron chi connectivity index (χ2n) is 4.00. The molecule has 21 heavy (non-hydrogen) atoms. The average Bonchev–Trinajstić information content (AvgIpc) is 2.83. The van der Waals surface area contributed by atoms with Gasteiger partial charge < -0.3 is 5.11 Å². The normalized spacial score (nSPS) is 11.6. The van der Waals surface area contributed by atoms with E-state index >= 15 is 0 Å². The van der Waals surface area contributed by atoms with Crippen LogP contribution in [0.3, 0.4) is 0 Å². The minimum absolute atomic E-state index is 0.160. The van der Waals surface area contributed by atoms with Gasteiger partial charge >= 0.3 is 12.1 Å². The van der Waals surface area contributed by atoms with Gasteiger partial charge in [0.15, 0.2) is 0 Å². The summed E-state index contributed by atoms with van der Waals surface area (Å²) in [5, 5.41) is 19.6. The molecule has 0 radical (unpaired) electrons. The molecule has 1 N–H and O–H groups in total. The van der Waals surface area contributed by atoms with E-state index in [9.17, 15) is 18.0 Å². The zero-order valence-electron chi connectivity index (χ0n) is 10.4. The number of aromatic nitrogens is 4. The Morgan fingerprint density at radius 1 is 1.29 bits per heavy atom. The smallest absolute Gasteiger partial charge is 0.416 e. The molecule has 0 amide bonds. The van der Waals surface area contributed by atoms with Gasteiger partial charge in [0.05, 0.1) is 17.9 Å². The fourth-order valence-electron chi connectivity index (χ4n) is 1.50. The maximum absolute atomic E-state index is 12.4. The number of aliphatic carboxylic acids is 1. The molecule has 6 nitrogen and oxygen atoms in total. The molecule has 0 aliphatic heterocycles. The zero-order valence-corrected chi connectivity index (χ0v) is 11.2. The highest BCUT2D eigenvalue weighted by atomic mass is 32.2. The van der Waals surface area contributed by atoms with Crippen molar-refractivity contribution in [2.24, 2.45) is 0 Å². The maximum Gasteiger partial charge on any atom is 0.416 e. The third-order valence-corrected chi connectivity index (χ3v) is 3.38. The molecule has 0 atom stereocenters. The lowest BCUT2D eigenvalue weighted by Crippen LogP contribution is -2.07. The van der Waals surface area contributed by atoms with Gasteiger partial charge in [0.1, 0.15) is 0 Å². The van der Waals surface area contributed by atoms with E-state index in [-0.39, 0.29) is 17.5 Å². The number of rotatable bonds is 5. The van der Waals surface area contributed by atoms with E-state index in [1.807, 2.05) is 0 Å². The van der Waals surface area contributed by atoms with Crippen LogP contribution in [0, 0.1) is 0 Å². The first kappa shape index (κ1) is 15.3. The summed E-state index contributed by atoms with van der Waals surface area (Å²) in [7, 11) is 0. The van der Waals surface area contributed by atoms with Crippen molar-refractivity contribution in [2.45, 2.75) is 17.9 Å². The molecule has 1 aromatic heterocycles. The van der Waals surface area contributed by atoms with Gasteiger partial charge in [-0.2, -0.15) is 13.2 Å². The van der Waals surface area contributed by atoms with Crippen molar-refractivity contribution < 1.29 is 23.1 Å². The second-order valence-corrected chi connectivity index (χ2v) is 4.94.